The number of rotatable bonds is 13. The number of H-pyrrole nitrogens is 1. The van der Waals surface area contributed by atoms with E-state index < -0.39 is 66.8 Å². The zero-order chi connectivity index (χ0) is 40.1. The van der Waals surface area contributed by atoms with Gasteiger partial charge in [-0.15, -0.1) is 0 Å². The summed E-state index contributed by atoms with van der Waals surface area (Å²) in [5.74, 6) is -2.94. The van der Waals surface area contributed by atoms with Crippen LogP contribution >= 0.6 is 7.60 Å². The Hall–Kier alpha value is -5.85. The summed E-state index contributed by atoms with van der Waals surface area (Å²) < 4.78 is 11.5. The number of hydrogen-bond acceptors (Lipinski definition) is 8. The van der Waals surface area contributed by atoms with Crippen molar-refractivity contribution < 1.29 is 43.1 Å². The van der Waals surface area contributed by atoms with Gasteiger partial charge in [0, 0.05) is 35.5 Å². The van der Waals surface area contributed by atoms with Gasteiger partial charge in [-0.1, -0.05) is 42.5 Å². The highest BCUT2D eigenvalue weighted by Gasteiger charge is 2.45. The summed E-state index contributed by atoms with van der Waals surface area (Å²) in [7, 11) is -3.21. The number of nitrogens with two attached hydrogens (primary N) is 1. The molecule has 3 heterocycles. The van der Waals surface area contributed by atoms with E-state index in [9.17, 15) is 43.1 Å². The van der Waals surface area contributed by atoms with Gasteiger partial charge in [0.2, 0.25) is 23.6 Å². The Labute approximate surface area is 322 Å². The number of amides is 5. The molecule has 8 N–H and O–H groups in total. The second-order valence-corrected chi connectivity index (χ2v) is 15.6. The minimum Gasteiger partial charge on any atom is -0.370 e. The molecule has 5 amide bonds. The van der Waals surface area contributed by atoms with Gasteiger partial charge in [0.15, 0.2) is 0 Å². The summed E-state index contributed by atoms with van der Waals surface area (Å²) in [5, 5.41) is 8.92. The molecule has 16 nitrogen and oxygen atoms in total. The van der Waals surface area contributed by atoms with E-state index in [1.54, 1.807) is 18.2 Å². The molecule has 4 aromatic rings. The van der Waals surface area contributed by atoms with Gasteiger partial charge in [-0.05, 0) is 92.9 Å². The van der Waals surface area contributed by atoms with Crippen molar-refractivity contribution in [2.24, 2.45) is 5.73 Å². The number of nitrogens with zero attached hydrogens (tertiary/aromatic N) is 2. The normalized spacial score (nSPS) is 19.3. The summed E-state index contributed by atoms with van der Waals surface area (Å²) in [6.45, 7) is 0.694. The Bertz CT molecular complexity index is 2140. The molecular formula is C39H42N7O9P. The van der Waals surface area contributed by atoms with Crippen LogP contribution in [0.1, 0.15) is 70.1 Å². The van der Waals surface area contributed by atoms with Crippen LogP contribution in [-0.4, -0.2) is 104 Å². The first-order chi connectivity index (χ1) is 26.7. The highest BCUT2D eigenvalue weighted by molar-refractivity contribution is 7.70. The van der Waals surface area contributed by atoms with E-state index in [1.165, 1.54) is 29.2 Å². The number of primary amides is 1. The summed E-state index contributed by atoms with van der Waals surface area (Å²) in [6.07, 6.45) is 1.10. The molecular weight excluding hydrogens is 741 g/mol. The van der Waals surface area contributed by atoms with Crippen molar-refractivity contribution in [3.63, 3.8) is 0 Å². The Balaban J connectivity index is 1.20. The topological polar surface area (TPSA) is 244 Å². The highest BCUT2D eigenvalue weighted by Crippen LogP contribution is 2.39. The Morgan fingerprint density at radius 3 is 2.45 bits per heavy atom. The Morgan fingerprint density at radius 1 is 0.982 bits per heavy atom. The van der Waals surface area contributed by atoms with Crippen LogP contribution < -0.4 is 21.7 Å². The van der Waals surface area contributed by atoms with Gasteiger partial charge in [-0.3, -0.25) is 33.3 Å². The van der Waals surface area contributed by atoms with E-state index in [0.717, 1.165) is 11.1 Å². The number of carbonyl (C=O) groups excluding carboxylic acids is 6. The van der Waals surface area contributed by atoms with Crippen LogP contribution in [0.2, 0.25) is 0 Å². The van der Waals surface area contributed by atoms with E-state index in [1.807, 2.05) is 42.3 Å². The number of aromatic amines is 1. The predicted octanol–water partition coefficient (Wildman–Crippen LogP) is 1.54. The largest absolute Gasteiger partial charge is 0.396 e. The van der Waals surface area contributed by atoms with Crippen molar-refractivity contribution in [1.82, 2.24) is 30.7 Å². The fourth-order valence-corrected chi connectivity index (χ4v) is 7.77. The maximum absolute atomic E-state index is 14.3. The van der Waals surface area contributed by atoms with Gasteiger partial charge in [0.25, 0.3) is 11.4 Å². The highest BCUT2D eigenvalue weighted by atomic mass is 31.2. The van der Waals surface area contributed by atoms with Gasteiger partial charge in [0.05, 0.1) is 6.04 Å². The van der Waals surface area contributed by atoms with Gasteiger partial charge in [-0.25, -0.2) is 0 Å². The van der Waals surface area contributed by atoms with Crippen molar-refractivity contribution in [3.8, 4) is 0 Å². The molecule has 0 saturated carbocycles. The molecule has 2 aliphatic heterocycles. The monoisotopic (exact) mass is 783 g/mol. The summed E-state index contributed by atoms with van der Waals surface area (Å²) in [5.41, 5.74) is 5.82. The van der Waals surface area contributed by atoms with Crippen LogP contribution in [-0.2, 0) is 23.7 Å². The smallest absolute Gasteiger partial charge is 0.370 e. The number of nitrogens with one attached hydrogen (secondary N) is 4. The third-order valence-electron chi connectivity index (χ3n) is 10.1. The van der Waals surface area contributed by atoms with E-state index in [0.29, 0.717) is 36.7 Å². The van der Waals surface area contributed by atoms with E-state index in [2.05, 4.69) is 33.1 Å². The molecule has 1 aromatic heterocycles. The second kappa shape index (κ2) is 16.9. The van der Waals surface area contributed by atoms with Gasteiger partial charge in [-0.2, -0.15) is 0 Å². The van der Waals surface area contributed by atoms with Crippen molar-refractivity contribution in [3.05, 3.63) is 107 Å². The second-order valence-electron chi connectivity index (χ2n) is 14.1. The Morgan fingerprint density at radius 2 is 1.75 bits per heavy atom. The fraction of sp³-hybridized carbons (Fsp3) is 0.333. The molecule has 0 radical (unpaired) electrons. The minimum absolute atomic E-state index is 0.0363. The van der Waals surface area contributed by atoms with E-state index in [-0.39, 0.29) is 36.7 Å². The minimum atomic E-state index is -5.03. The summed E-state index contributed by atoms with van der Waals surface area (Å²) in [6, 6.07) is 21.3. The number of aromatic nitrogens is 1. The zero-order valence-electron chi connectivity index (χ0n) is 30.4. The van der Waals surface area contributed by atoms with Crippen LogP contribution in [0.4, 0.5) is 0 Å². The summed E-state index contributed by atoms with van der Waals surface area (Å²) >= 11 is 0. The first kappa shape index (κ1) is 39.8. The quantitative estimate of drug-likeness (QED) is 0.0965. The van der Waals surface area contributed by atoms with Crippen LogP contribution in [0.25, 0.3) is 10.9 Å². The molecule has 17 heteroatoms. The van der Waals surface area contributed by atoms with Crippen molar-refractivity contribution >= 4 is 53.6 Å². The lowest BCUT2D eigenvalue weighted by atomic mass is 9.98. The van der Waals surface area contributed by atoms with Crippen molar-refractivity contribution in [2.45, 2.75) is 62.3 Å². The lowest BCUT2D eigenvalue weighted by Gasteiger charge is -2.38. The molecule has 2 saturated heterocycles. The predicted molar refractivity (Wildman–Crippen MR) is 203 cm³/mol. The van der Waals surface area contributed by atoms with Gasteiger partial charge < -0.3 is 46.3 Å². The third-order valence-corrected chi connectivity index (χ3v) is 10.9. The number of carbonyl (C=O) groups is 6. The van der Waals surface area contributed by atoms with Crippen molar-refractivity contribution in [2.75, 3.05) is 20.1 Å². The van der Waals surface area contributed by atoms with Crippen LogP contribution in [0.15, 0.2) is 72.8 Å². The third kappa shape index (κ3) is 9.15. The van der Waals surface area contributed by atoms with Gasteiger partial charge >= 0.3 is 7.60 Å². The molecule has 1 unspecified atom stereocenters. The fourth-order valence-electron chi connectivity index (χ4n) is 7.30. The molecule has 3 aromatic carbocycles. The zero-order valence-corrected chi connectivity index (χ0v) is 31.3. The molecule has 0 bridgehead atoms. The van der Waals surface area contributed by atoms with E-state index >= 15 is 0 Å². The lowest BCUT2D eigenvalue weighted by molar-refractivity contribution is -0.144. The molecule has 2 aliphatic rings. The number of likely N-dealkylation sites (N-methyl/N-ethyl adjacent to an activating group) is 1. The van der Waals surface area contributed by atoms with Crippen LogP contribution in [0.5, 0.6) is 0 Å². The molecule has 6 rings (SSSR count). The average Bonchev–Trinajstić information content (AvgIpc) is 3.81. The van der Waals surface area contributed by atoms with Crippen LogP contribution in [0, 0.1) is 12.1 Å². The molecule has 292 valence electrons. The number of hydrogen-bond donors (Lipinski definition) is 7. The first-order valence-electron chi connectivity index (χ1n) is 18.1. The Kier molecular flexibility index (Phi) is 12.0. The standard InChI is InChI=1S/C39H42N7O9P/c1-45-19-18-27-13-16-32(37(50)42-29(15-17-33(40)47)35(48)44-34(23-8-4-2-5-9-23)24-10-6-3-7-11-24)46(27)38(51)31(22-45)43-36(49)30-21-26-20-25(12-14-28(26)41-30)39(52)56(53,54)55/h2,4-6,8-12,14,20-21,27,29,31-32,34,41H,13,15-19,22H2,1H3,(H2,40,47)(H,42,50)(H,43,49)(H,44,48)(H2,53,54,55)/t27-,29+,31+,32+,34?/m1/s1. The van der Waals surface area contributed by atoms with E-state index in [4.69, 9.17) is 5.73 Å². The van der Waals surface area contributed by atoms with Crippen LogP contribution in [0.3, 0.4) is 0 Å². The molecule has 5 atom stereocenters. The molecule has 0 spiro atoms. The maximum Gasteiger partial charge on any atom is 0.396 e. The van der Waals surface area contributed by atoms with Crippen molar-refractivity contribution in [1.29, 1.82) is 0 Å². The lowest BCUT2D eigenvalue weighted by Crippen LogP contribution is -2.61. The number of fused-ring (bicyclic) bond motifs is 2. The molecule has 0 aliphatic carbocycles. The summed E-state index contributed by atoms with van der Waals surface area (Å²) in [4.78, 5) is 105. The maximum atomic E-state index is 14.3. The molecule has 56 heavy (non-hydrogen) atoms. The molecule has 2 fully saturated rings. The van der Waals surface area contributed by atoms with Gasteiger partial charge in [0.1, 0.15) is 23.8 Å². The SMILES string of the molecule is CN1CC[C@H]2CC[C@@H](C(=O)N[C@@H](CCC(N)=O)C(=O)NC(c3cc#ccc3)c3ccccc3)N2C(=O)[C@@H](NC(=O)c2cc3cc(C(=O)P(=O)(O)O)ccc3[nH]2)C1. The average molecular weight is 784 g/mol. The number of benzene rings is 2. The first-order valence-corrected chi connectivity index (χ1v) is 19.7.